The number of carbonyl (C=O) groups excluding carboxylic acids is 1. The van der Waals surface area contributed by atoms with E-state index in [1.165, 1.54) is 14.2 Å². The van der Waals surface area contributed by atoms with Crippen LogP contribution in [0.15, 0.2) is 28.2 Å². The summed E-state index contributed by atoms with van der Waals surface area (Å²) in [6.07, 6.45) is 0. The van der Waals surface area contributed by atoms with Crippen molar-refractivity contribution in [2.24, 2.45) is 0 Å². The van der Waals surface area contributed by atoms with Crippen molar-refractivity contribution in [3.05, 3.63) is 33.8 Å². The van der Waals surface area contributed by atoms with E-state index in [1.54, 1.807) is 12.1 Å². The Morgan fingerprint density at radius 3 is 2.61 bits per heavy atom. The zero-order valence-corrected chi connectivity index (χ0v) is 12.4. The molecule has 1 amide bonds. The van der Waals surface area contributed by atoms with Crippen LogP contribution in [0.5, 0.6) is 11.5 Å². The Morgan fingerprint density at radius 1 is 1.44 bits per heavy atom. The molecule has 0 atom stereocenters. The molecule has 0 unspecified atom stereocenters. The fourth-order valence-electron chi connectivity index (χ4n) is 1.33. The molecule has 6 heteroatoms. The Bertz CT molecular complexity index is 477. The number of nitrogens with one attached hydrogen (secondary N) is 1. The van der Waals surface area contributed by atoms with Crippen LogP contribution in [0, 0.1) is 0 Å². The van der Waals surface area contributed by atoms with E-state index in [0.717, 1.165) is 0 Å². The van der Waals surface area contributed by atoms with E-state index < -0.39 is 0 Å². The second-order valence-corrected chi connectivity index (χ2v) is 4.78. The van der Waals surface area contributed by atoms with Crippen LogP contribution < -0.4 is 14.8 Å². The number of methoxy groups -OCH3 is 2. The van der Waals surface area contributed by atoms with Crippen LogP contribution in [0.2, 0.25) is 0 Å². The maximum Gasteiger partial charge on any atom is 0.255 e. The highest BCUT2D eigenvalue weighted by molar-refractivity contribution is 9.10. The first-order valence-corrected chi connectivity index (χ1v) is 6.19. The van der Waals surface area contributed by atoms with E-state index in [4.69, 9.17) is 21.1 Å². The van der Waals surface area contributed by atoms with Crippen LogP contribution in [-0.4, -0.2) is 26.7 Å². The highest BCUT2D eigenvalue weighted by Gasteiger charge is 2.17. The molecule has 1 aromatic carbocycles. The van der Waals surface area contributed by atoms with E-state index in [2.05, 4.69) is 27.8 Å². The van der Waals surface area contributed by atoms with Gasteiger partial charge in [0.25, 0.3) is 5.91 Å². The fourth-order valence-corrected chi connectivity index (χ4v) is 2.00. The van der Waals surface area contributed by atoms with E-state index in [-0.39, 0.29) is 12.5 Å². The van der Waals surface area contributed by atoms with Crippen molar-refractivity contribution in [3.8, 4) is 11.5 Å². The number of carbonyl (C=O) groups is 1. The van der Waals surface area contributed by atoms with Gasteiger partial charge in [-0.1, -0.05) is 18.2 Å². The summed E-state index contributed by atoms with van der Waals surface area (Å²) < 4.78 is 10.9. The van der Waals surface area contributed by atoms with Crippen LogP contribution in [0.4, 0.5) is 0 Å². The number of rotatable bonds is 5. The Balaban J connectivity index is 3.08. The van der Waals surface area contributed by atoms with Crippen molar-refractivity contribution in [1.82, 2.24) is 5.32 Å². The van der Waals surface area contributed by atoms with Gasteiger partial charge < -0.3 is 14.8 Å². The molecule has 0 saturated carbocycles. The standard InChI is InChI=1S/C12H13BrClNO3/c1-7(14)6-15-12(16)9-4-8(17-2)5-10(13)11(9)18-3/h4-5H,1,6H2,2-3H3,(H,15,16). The summed E-state index contributed by atoms with van der Waals surface area (Å²) in [6.45, 7) is 3.69. The lowest BCUT2D eigenvalue weighted by Crippen LogP contribution is -2.25. The van der Waals surface area contributed by atoms with Crippen molar-refractivity contribution >= 4 is 33.4 Å². The molecule has 4 nitrogen and oxygen atoms in total. The molecule has 0 saturated heterocycles. The highest BCUT2D eigenvalue weighted by atomic mass is 79.9. The van der Waals surface area contributed by atoms with Gasteiger partial charge in [0.2, 0.25) is 0 Å². The van der Waals surface area contributed by atoms with Crippen LogP contribution in [-0.2, 0) is 0 Å². The highest BCUT2D eigenvalue weighted by Crippen LogP contribution is 2.33. The first-order chi connectivity index (χ1) is 8.49. The molecule has 0 aliphatic rings. The second-order valence-electron chi connectivity index (χ2n) is 3.39. The van der Waals surface area contributed by atoms with Crippen molar-refractivity contribution in [3.63, 3.8) is 0 Å². The van der Waals surface area contributed by atoms with Gasteiger partial charge in [-0.3, -0.25) is 4.79 Å². The van der Waals surface area contributed by atoms with Crippen LogP contribution in [0.25, 0.3) is 0 Å². The Labute approximate surface area is 119 Å². The summed E-state index contributed by atoms with van der Waals surface area (Å²) in [5.41, 5.74) is 0.363. The molecule has 0 spiro atoms. The Morgan fingerprint density at radius 2 is 2.11 bits per heavy atom. The predicted octanol–water partition coefficient (Wildman–Crippen LogP) is 2.95. The first kappa shape index (κ1) is 14.9. The number of hydrogen-bond acceptors (Lipinski definition) is 3. The summed E-state index contributed by atoms with van der Waals surface area (Å²) in [7, 11) is 3.01. The summed E-state index contributed by atoms with van der Waals surface area (Å²) >= 11 is 8.92. The second kappa shape index (κ2) is 6.66. The zero-order chi connectivity index (χ0) is 13.7. The van der Waals surface area contributed by atoms with E-state index in [0.29, 0.717) is 26.6 Å². The molecule has 98 valence electrons. The van der Waals surface area contributed by atoms with Crippen LogP contribution in [0.1, 0.15) is 10.4 Å². The third-order valence-corrected chi connectivity index (χ3v) is 2.87. The number of amides is 1. The maximum absolute atomic E-state index is 12.0. The van der Waals surface area contributed by atoms with Gasteiger partial charge in [0.15, 0.2) is 0 Å². The summed E-state index contributed by atoms with van der Waals surface area (Å²) in [5.74, 6) is 0.680. The number of benzene rings is 1. The normalized spacial score (nSPS) is 9.78. The third kappa shape index (κ3) is 3.65. The number of halogens is 2. The Hall–Kier alpha value is -1.20. The summed E-state index contributed by atoms with van der Waals surface area (Å²) in [6, 6.07) is 3.31. The van der Waals surface area contributed by atoms with Crippen molar-refractivity contribution in [2.75, 3.05) is 20.8 Å². The maximum atomic E-state index is 12.0. The van der Waals surface area contributed by atoms with E-state index in [9.17, 15) is 4.79 Å². The van der Waals surface area contributed by atoms with Gasteiger partial charge in [-0.15, -0.1) is 0 Å². The van der Waals surface area contributed by atoms with Crippen LogP contribution in [0.3, 0.4) is 0 Å². The van der Waals surface area contributed by atoms with Crippen LogP contribution >= 0.6 is 27.5 Å². The van der Waals surface area contributed by atoms with Gasteiger partial charge in [0.1, 0.15) is 11.5 Å². The fraction of sp³-hybridized carbons (Fsp3) is 0.250. The third-order valence-electron chi connectivity index (χ3n) is 2.14. The van der Waals surface area contributed by atoms with Crippen molar-refractivity contribution in [2.45, 2.75) is 0 Å². The monoisotopic (exact) mass is 333 g/mol. The lowest BCUT2D eigenvalue weighted by Gasteiger charge is -2.12. The van der Waals surface area contributed by atoms with Crippen molar-refractivity contribution in [1.29, 1.82) is 0 Å². The van der Waals surface area contributed by atoms with Gasteiger partial charge >= 0.3 is 0 Å². The molecule has 0 fully saturated rings. The lowest BCUT2D eigenvalue weighted by atomic mass is 10.1. The molecule has 18 heavy (non-hydrogen) atoms. The summed E-state index contributed by atoms with van der Waals surface area (Å²) in [4.78, 5) is 12.0. The first-order valence-electron chi connectivity index (χ1n) is 5.02. The minimum absolute atomic E-state index is 0.193. The molecule has 0 aliphatic heterocycles. The molecular formula is C12H13BrClNO3. The average Bonchev–Trinajstić information content (AvgIpc) is 2.34. The van der Waals surface area contributed by atoms with Gasteiger partial charge in [0, 0.05) is 5.03 Å². The van der Waals surface area contributed by atoms with Gasteiger partial charge in [-0.2, -0.15) is 0 Å². The smallest absolute Gasteiger partial charge is 0.255 e. The molecule has 1 rings (SSSR count). The molecule has 0 radical (unpaired) electrons. The van der Waals surface area contributed by atoms with E-state index >= 15 is 0 Å². The molecule has 0 aliphatic carbocycles. The zero-order valence-electron chi connectivity index (χ0n) is 10.0. The minimum atomic E-state index is -0.312. The molecular weight excluding hydrogens is 321 g/mol. The number of ether oxygens (including phenoxy) is 2. The van der Waals surface area contributed by atoms with Gasteiger partial charge in [-0.05, 0) is 28.1 Å². The average molecular weight is 335 g/mol. The summed E-state index contributed by atoms with van der Waals surface area (Å²) in [5, 5.41) is 2.98. The Kier molecular flexibility index (Phi) is 5.50. The number of hydrogen-bond donors (Lipinski definition) is 1. The SMILES string of the molecule is C=C(Cl)CNC(=O)c1cc(OC)cc(Br)c1OC. The predicted molar refractivity (Wildman–Crippen MR) is 74.6 cm³/mol. The largest absolute Gasteiger partial charge is 0.497 e. The molecule has 1 N–H and O–H groups in total. The molecule has 0 aromatic heterocycles. The van der Waals surface area contributed by atoms with E-state index in [1.807, 2.05) is 0 Å². The van der Waals surface area contributed by atoms with Gasteiger partial charge in [-0.25, -0.2) is 0 Å². The topological polar surface area (TPSA) is 47.6 Å². The molecule has 0 bridgehead atoms. The molecule has 1 aromatic rings. The minimum Gasteiger partial charge on any atom is -0.497 e. The van der Waals surface area contributed by atoms with Crippen molar-refractivity contribution < 1.29 is 14.3 Å². The molecule has 0 heterocycles. The lowest BCUT2D eigenvalue weighted by molar-refractivity contribution is 0.0954. The quantitative estimate of drug-likeness (QED) is 0.900. The van der Waals surface area contributed by atoms with Gasteiger partial charge in [0.05, 0.1) is 30.8 Å².